The largest absolute Gasteiger partial charge is 0.440 e. The Morgan fingerprint density at radius 3 is 2.83 bits per heavy atom. The molecule has 7 nitrogen and oxygen atoms in total. The predicted molar refractivity (Wildman–Crippen MR) is 114 cm³/mol. The summed E-state index contributed by atoms with van der Waals surface area (Å²) in [5.74, 6) is 0.962. The Balaban J connectivity index is 1.11. The highest BCUT2D eigenvalue weighted by Crippen LogP contribution is 2.61. The van der Waals surface area contributed by atoms with Gasteiger partial charge in [-0.2, -0.15) is 0 Å². The molecule has 3 fully saturated rings. The molecule has 1 aromatic carbocycles. The molecule has 1 aromatic heterocycles. The maximum atomic E-state index is 12.6. The summed E-state index contributed by atoms with van der Waals surface area (Å²) < 4.78 is 31.3. The van der Waals surface area contributed by atoms with Crippen molar-refractivity contribution in [2.45, 2.75) is 51.0 Å². The lowest BCUT2D eigenvalue weighted by Gasteiger charge is -2.57. The highest BCUT2D eigenvalue weighted by molar-refractivity contribution is 7.89. The highest BCUT2D eigenvalue weighted by Gasteiger charge is 2.55. The van der Waals surface area contributed by atoms with Crippen molar-refractivity contribution in [1.29, 1.82) is 0 Å². The second-order valence-electron chi connectivity index (χ2n) is 9.13. The van der Waals surface area contributed by atoms with Crippen molar-refractivity contribution >= 4 is 38.6 Å². The van der Waals surface area contributed by atoms with Crippen LogP contribution in [0.2, 0.25) is 5.02 Å². The smallest absolute Gasteiger partial charge is 0.224 e. The second kappa shape index (κ2) is 7.21. The fraction of sp³-hybridized carbons (Fsp3) is 0.619. The van der Waals surface area contributed by atoms with E-state index in [1.807, 2.05) is 18.2 Å². The maximum absolute atomic E-state index is 12.6. The Bertz CT molecular complexity index is 1080. The SMILES string of the molecule is CCS(=O)(=O)N1CCC(C(=O)NC2CC3(C2)CC(c2nc4cc(Cl)ccc4o2)C3)C1. The summed E-state index contributed by atoms with van der Waals surface area (Å²) in [5, 5.41) is 3.80. The van der Waals surface area contributed by atoms with Gasteiger partial charge >= 0.3 is 0 Å². The summed E-state index contributed by atoms with van der Waals surface area (Å²) >= 11 is 6.03. The molecule has 2 saturated carbocycles. The molecule has 3 aliphatic rings. The number of benzene rings is 1. The molecule has 0 radical (unpaired) electrons. The van der Waals surface area contributed by atoms with Gasteiger partial charge in [0.2, 0.25) is 15.9 Å². The van der Waals surface area contributed by atoms with Gasteiger partial charge < -0.3 is 9.73 Å². The molecule has 1 N–H and O–H groups in total. The van der Waals surface area contributed by atoms with E-state index in [1.54, 1.807) is 6.92 Å². The van der Waals surface area contributed by atoms with Crippen LogP contribution in [0.4, 0.5) is 0 Å². The average molecular weight is 452 g/mol. The van der Waals surface area contributed by atoms with E-state index in [0.29, 0.717) is 30.5 Å². The van der Waals surface area contributed by atoms with Crippen molar-refractivity contribution in [2.75, 3.05) is 18.8 Å². The van der Waals surface area contributed by atoms with Crippen molar-refractivity contribution in [3.05, 3.63) is 29.1 Å². The zero-order valence-corrected chi connectivity index (χ0v) is 18.5. The van der Waals surface area contributed by atoms with Gasteiger partial charge in [0.15, 0.2) is 11.5 Å². The van der Waals surface area contributed by atoms with Crippen LogP contribution in [0.25, 0.3) is 11.1 Å². The van der Waals surface area contributed by atoms with Gasteiger partial charge in [0.25, 0.3) is 0 Å². The maximum Gasteiger partial charge on any atom is 0.224 e. The van der Waals surface area contributed by atoms with Gasteiger partial charge in [-0.15, -0.1) is 0 Å². The molecule has 1 saturated heterocycles. The number of amides is 1. The first-order valence-electron chi connectivity index (χ1n) is 10.6. The van der Waals surface area contributed by atoms with Crippen LogP contribution in [0.5, 0.6) is 0 Å². The number of hydrogen-bond acceptors (Lipinski definition) is 5. The zero-order valence-electron chi connectivity index (χ0n) is 16.9. The summed E-state index contributed by atoms with van der Waals surface area (Å²) in [6, 6.07) is 5.68. The number of nitrogens with zero attached hydrogens (tertiary/aromatic N) is 2. The zero-order chi connectivity index (χ0) is 21.1. The Morgan fingerprint density at radius 2 is 2.10 bits per heavy atom. The van der Waals surface area contributed by atoms with Gasteiger partial charge in [-0.05, 0) is 62.6 Å². The minimum Gasteiger partial charge on any atom is -0.440 e. The number of rotatable bonds is 5. The van der Waals surface area contributed by atoms with Gasteiger partial charge in [-0.1, -0.05) is 11.6 Å². The quantitative estimate of drug-likeness (QED) is 0.752. The van der Waals surface area contributed by atoms with Crippen LogP contribution in [0, 0.1) is 11.3 Å². The molecule has 2 aliphatic carbocycles. The number of aromatic nitrogens is 1. The molecular formula is C21H26ClN3O4S. The van der Waals surface area contributed by atoms with E-state index in [9.17, 15) is 13.2 Å². The minimum absolute atomic E-state index is 0.00430. The third kappa shape index (κ3) is 3.52. The van der Waals surface area contributed by atoms with E-state index in [-0.39, 0.29) is 29.0 Å². The number of fused-ring (bicyclic) bond motifs is 1. The average Bonchev–Trinajstić information content (AvgIpc) is 3.29. The van der Waals surface area contributed by atoms with Gasteiger partial charge in [-0.3, -0.25) is 4.79 Å². The summed E-state index contributed by atoms with van der Waals surface area (Å²) in [6.45, 7) is 2.39. The Hall–Kier alpha value is -1.64. The summed E-state index contributed by atoms with van der Waals surface area (Å²) in [4.78, 5) is 17.2. The monoisotopic (exact) mass is 451 g/mol. The van der Waals surface area contributed by atoms with E-state index in [4.69, 9.17) is 16.0 Å². The van der Waals surface area contributed by atoms with Crippen molar-refractivity contribution < 1.29 is 17.6 Å². The Kier molecular flexibility index (Phi) is 4.87. The van der Waals surface area contributed by atoms with Gasteiger partial charge in [0.1, 0.15) is 5.52 Å². The molecule has 30 heavy (non-hydrogen) atoms. The standard InChI is InChI=1S/C21H26ClN3O4S/c1-2-30(27,28)25-6-5-13(12-25)19(26)23-16-10-21(11-16)8-14(9-21)20-24-17-7-15(22)3-4-18(17)29-20/h3-4,7,13-14,16H,2,5-6,8-12H2,1H3,(H,23,26). The molecule has 1 spiro atoms. The number of hydrogen-bond donors (Lipinski definition) is 1. The van der Waals surface area contributed by atoms with Crippen molar-refractivity contribution in [3.63, 3.8) is 0 Å². The second-order valence-corrected chi connectivity index (χ2v) is 11.8. The van der Waals surface area contributed by atoms with E-state index in [2.05, 4.69) is 10.3 Å². The topological polar surface area (TPSA) is 92.5 Å². The van der Waals surface area contributed by atoms with Crippen molar-refractivity contribution in [3.8, 4) is 0 Å². The molecule has 0 bridgehead atoms. The van der Waals surface area contributed by atoms with Crippen LogP contribution < -0.4 is 5.32 Å². The summed E-state index contributed by atoms with van der Waals surface area (Å²) in [6.07, 6.45) is 4.63. The molecule has 1 amide bonds. The number of nitrogens with one attached hydrogen (secondary N) is 1. The number of sulfonamides is 1. The van der Waals surface area contributed by atoms with Crippen LogP contribution >= 0.6 is 11.6 Å². The lowest BCUT2D eigenvalue weighted by atomic mass is 9.50. The number of carbonyl (C=O) groups excluding carboxylic acids is 1. The molecule has 1 unspecified atom stereocenters. The van der Waals surface area contributed by atoms with E-state index < -0.39 is 10.0 Å². The fourth-order valence-electron chi connectivity index (χ4n) is 5.37. The molecule has 5 rings (SSSR count). The van der Waals surface area contributed by atoms with Crippen LogP contribution in [-0.2, 0) is 14.8 Å². The summed E-state index contributed by atoms with van der Waals surface area (Å²) in [7, 11) is -3.21. The number of carbonyl (C=O) groups is 1. The third-order valence-corrected chi connectivity index (χ3v) is 9.14. The van der Waals surface area contributed by atoms with Gasteiger partial charge in [-0.25, -0.2) is 17.7 Å². The summed E-state index contributed by atoms with van der Waals surface area (Å²) in [5.41, 5.74) is 1.85. The highest BCUT2D eigenvalue weighted by atomic mass is 35.5. The molecule has 162 valence electrons. The lowest BCUT2D eigenvalue weighted by molar-refractivity contribution is -0.128. The van der Waals surface area contributed by atoms with Crippen LogP contribution in [-0.4, -0.2) is 48.5 Å². The van der Waals surface area contributed by atoms with E-state index >= 15 is 0 Å². The normalized spacial score (nSPS) is 31.6. The van der Waals surface area contributed by atoms with Crippen molar-refractivity contribution in [2.24, 2.45) is 11.3 Å². The van der Waals surface area contributed by atoms with E-state index in [1.165, 1.54) is 4.31 Å². The predicted octanol–water partition coefficient (Wildman–Crippen LogP) is 3.30. The Labute approximate surface area is 181 Å². The van der Waals surface area contributed by atoms with Crippen molar-refractivity contribution in [1.82, 2.24) is 14.6 Å². The van der Waals surface area contributed by atoms with Crippen LogP contribution in [0.15, 0.2) is 22.6 Å². The minimum atomic E-state index is -3.21. The first-order chi connectivity index (χ1) is 14.3. The molecule has 2 heterocycles. The first-order valence-corrected chi connectivity index (χ1v) is 12.6. The van der Waals surface area contributed by atoms with Crippen LogP contribution in [0.1, 0.15) is 50.8 Å². The third-order valence-electron chi connectivity index (χ3n) is 7.06. The molecule has 2 aromatic rings. The first kappa shape index (κ1) is 20.3. The van der Waals surface area contributed by atoms with Gasteiger partial charge in [0, 0.05) is 30.1 Å². The lowest BCUT2D eigenvalue weighted by Crippen LogP contribution is -2.56. The van der Waals surface area contributed by atoms with Crippen LogP contribution in [0.3, 0.4) is 0 Å². The molecular weight excluding hydrogens is 426 g/mol. The molecule has 1 atom stereocenters. The van der Waals surface area contributed by atoms with E-state index in [0.717, 1.165) is 42.7 Å². The molecule has 1 aliphatic heterocycles. The fourth-order valence-corrected chi connectivity index (χ4v) is 6.69. The Morgan fingerprint density at radius 1 is 1.33 bits per heavy atom. The van der Waals surface area contributed by atoms with Gasteiger partial charge in [0.05, 0.1) is 11.7 Å². The molecule has 9 heteroatoms. The number of oxazole rings is 1. The number of halogens is 1.